The summed E-state index contributed by atoms with van der Waals surface area (Å²) in [5, 5.41) is 3.42. The molecule has 34 heavy (non-hydrogen) atoms. The van der Waals surface area contributed by atoms with Crippen molar-refractivity contribution in [1.82, 2.24) is 10.2 Å². The van der Waals surface area contributed by atoms with Gasteiger partial charge in [0.1, 0.15) is 18.1 Å². The lowest BCUT2D eigenvalue weighted by Gasteiger charge is -2.30. The summed E-state index contributed by atoms with van der Waals surface area (Å²) in [7, 11) is 0.958. The van der Waals surface area contributed by atoms with Crippen LogP contribution in [-0.2, 0) is 14.8 Å². The standard InChI is InChI=1S/C24H33N3O6S/c1-16-13-25-17(2)15-33-22-11-18(9-10-21(22)24(28)27(3)14-23(16)32-5)26-34(29,30)20-8-6-7-19(12-20)31-4/h6-12,16-17,23,25-26H,13-15H2,1-5H3/t16-,17+,23+/m0/s1. The predicted molar refractivity (Wildman–Crippen MR) is 130 cm³/mol. The maximum Gasteiger partial charge on any atom is 0.262 e. The van der Waals surface area contributed by atoms with Gasteiger partial charge in [0.2, 0.25) is 0 Å². The average molecular weight is 492 g/mol. The second-order valence-corrected chi connectivity index (χ2v) is 10.2. The molecule has 9 nitrogen and oxygen atoms in total. The number of carbonyl (C=O) groups is 1. The first-order valence-corrected chi connectivity index (χ1v) is 12.6. The Labute approximate surface area is 201 Å². The molecule has 0 bridgehead atoms. The lowest BCUT2D eigenvalue weighted by atomic mass is 10.0. The largest absolute Gasteiger partial charge is 0.497 e. The number of carbonyl (C=O) groups excluding carboxylic acids is 1. The van der Waals surface area contributed by atoms with E-state index >= 15 is 0 Å². The van der Waals surface area contributed by atoms with Crippen molar-refractivity contribution in [1.29, 1.82) is 0 Å². The fourth-order valence-electron chi connectivity index (χ4n) is 3.70. The zero-order valence-corrected chi connectivity index (χ0v) is 21.0. The Morgan fingerprint density at radius 1 is 1.15 bits per heavy atom. The van der Waals surface area contributed by atoms with Crippen molar-refractivity contribution in [3.63, 3.8) is 0 Å². The topological polar surface area (TPSA) is 106 Å². The van der Waals surface area contributed by atoms with Crippen molar-refractivity contribution in [3.8, 4) is 11.5 Å². The number of benzene rings is 2. The number of methoxy groups -OCH3 is 2. The van der Waals surface area contributed by atoms with Gasteiger partial charge in [0, 0.05) is 45.4 Å². The Morgan fingerprint density at radius 3 is 2.62 bits per heavy atom. The quantitative estimate of drug-likeness (QED) is 0.662. The number of fused-ring (bicyclic) bond motifs is 1. The third kappa shape index (κ3) is 6.19. The third-order valence-electron chi connectivity index (χ3n) is 5.83. The van der Waals surface area contributed by atoms with Gasteiger partial charge in [-0.05, 0) is 37.1 Å². The van der Waals surface area contributed by atoms with Gasteiger partial charge >= 0.3 is 0 Å². The highest BCUT2D eigenvalue weighted by Gasteiger charge is 2.26. The van der Waals surface area contributed by atoms with E-state index in [0.717, 1.165) is 0 Å². The van der Waals surface area contributed by atoms with Gasteiger partial charge < -0.3 is 24.4 Å². The fourth-order valence-corrected chi connectivity index (χ4v) is 4.79. The summed E-state index contributed by atoms with van der Waals surface area (Å²) in [6.07, 6.45) is -0.133. The van der Waals surface area contributed by atoms with Crippen LogP contribution in [0.15, 0.2) is 47.4 Å². The average Bonchev–Trinajstić information content (AvgIpc) is 2.83. The number of hydrogen-bond acceptors (Lipinski definition) is 7. The second kappa shape index (κ2) is 11.1. The van der Waals surface area contributed by atoms with Crippen LogP contribution in [0, 0.1) is 5.92 Å². The molecule has 0 spiro atoms. The number of nitrogens with zero attached hydrogens (tertiary/aromatic N) is 1. The van der Waals surface area contributed by atoms with Crippen LogP contribution in [0.2, 0.25) is 0 Å². The zero-order valence-electron chi connectivity index (χ0n) is 20.2. The Balaban J connectivity index is 1.92. The molecule has 0 saturated carbocycles. The molecule has 1 heterocycles. The van der Waals surface area contributed by atoms with Crippen LogP contribution in [0.5, 0.6) is 11.5 Å². The number of rotatable bonds is 5. The monoisotopic (exact) mass is 491 g/mol. The van der Waals surface area contributed by atoms with Crippen molar-refractivity contribution in [2.45, 2.75) is 30.9 Å². The summed E-state index contributed by atoms with van der Waals surface area (Å²) >= 11 is 0. The van der Waals surface area contributed by atoms with E-state index in [4.69, 9.17) is 14.2 Å². The minimum Gasteiger partial charge on any atom is -0.497 e. The first-order valence-electron chi connectivity index (χ1n) is 11.1. The van der Waals surface area contributed by atoms with Crippen molar-refractivity contribution < 1.29 is 27.4 Å². The molecular formula is C24H33N3O6S. The molecule has 0 radical (unpaired) electrons. The Hall–Kier alpha value is -2.82. The van der Waals surface area contributed by atoms with E-state index in [1.54, 1.807) is 43.3 Å². The molecule has 1 amide bonds. The van der Waals surface area contributed by atoms with Crippen LogP contribution in [0.25, 0.3) is 0 Å². The first kappa shape index (κ1) is 25.8. The maximum atomic E-state index is 13.2. The number of nitrogens with one attached hydrogen (secondary N) is 2. The van der Waals surface area contributed by atoms with Crippen LogP contribution >= 0.6 is 0 Å². The second-order valence-electron chi connectivity index (χ2n) is 8.55. The molecule has 1 aliphatic rings. The molecule has 0 unspecified atom stereocenters. The zero-order chi connectivity index (χ0) is 24.9. The molecule has 0 aliphatic carbocycles. The summed E-state index contributed by atoms with van der Waals surface area (Å²) in [5.41, 5.74) is 0.634. The smallest absolute Gasteiger partial charge is 0.262 e. The Morgan fingerprint density at radius 2 is 1.91 bits per heavy atom. The van der Waals surface area contributed by atoms with E-state index in [2.05, 4.69) is 17.0 Å². The van der Waals surface area contributed by atoms with Crippen molar-refractivity contribution in [2.24, 2.45) is 5.92 Å². The summed E-state index contributed by atoms with van der Waals surface area (Å²) in [4.78, 5) is 14.9. The molecule has 2 aromatic rings. The first-order chi connectivity index (χ1) is 16.1. The molecule has 0 fully saturated rings. The SMILES string of the molecule is COc1cccc(S(=O)(=O)Nc2ccc3c(c2)OC[C@@H](C)NC[C@H](C)[C@H](OC)CN(C)C3=O)c1. The number of likely N-dealkylation sites (N-methyl/N-ethyl adjacent to an activating group) is 1. The molecule has 2 aromatic carbocycles. The lowest BCUT2D eigenvalue weighted by molar-refractivity contribution is 0.0281. The van der Waals surface area contributed by atoms with Crippen molar-refractivity contribution >= 4 is 21.6 Å². The molecule has 1 aliphatic heterocycles. The highest BCUT2D eigenvalue weighted by atomic mass is 32.2. The van der Waals surface area contributed by atoms with Crippen LogP contribution in [0.4, 0.5) is 5.69 Å². The van der Waals surface area contributed by atoms with Gasteiger partial charge in [0.25, 0.3) is 15.9 Å². The van der Waals surface area contributed by atoms with Gasteiger partial charge in [0.15, 0.2) is 0 Å². The van der Waals surface area contributed by atoms with Gasteiger partial charge in [-0.25, -0.2) is 8.42 Å². The number of amides is 1. The predicted octanol–water partition coefficient (Wildman–Crippen LogP) is 2.59. The highest BCUT2D eigenvalue weighted by Crippen LogP contribution is 2.28. The van der Waals surface area contributed by atoms with Gasteiger partial charge in [-0.2, -0.15) is 0 Å². The minimum absolute atomic E-state index is 0.0113. The molecule has 0 saturated heterocycles. The lowest BCUT2D eigenvalue weighted by Crippen LogP contribution is -2.44. The fraction of sp³-hybridized carbons (Fsp3) is 0.458. The molecule has 3 atom stereocenters. The normalized spacial score (nSPS) is 22.1. The Kier molecular flexibility index (Phi) is 8.40. The molecule has 10 heteroatoms. The van der Waals surface area contributed by atoms with E-state index in [-0.39, 0.29) is 34.6 Å². The summed E-state index contributed by atoms with van der Waals surface area (Å²) in [6.45, 7) is 5.49. The number of anilines is 1. The maximum absolute atomic E-state index is 13.2. The van der Waals surface area contributed by atoms with Gasteiger partial charge in [-0.1, -0.05) is 13.0 Å². The summed E-state index contributed by atoms with van der Waals surface area (Å²) in [6, 6.07) is 10.9. The number of hydrogen-bond donors (Lipinski definition) is 2. The summed E-state index contributed by atoms with van der Waals surface area (Å²) in [5.74, 6) is 0.698. The van der Waals surface area contributed by atoms with Crippen molar-refractivity contribution in [2.75, 3.05) is 45.7 Å². The number of ether oxygens (including phenoxy) is 3. The van der Waals surface area contributed by atoms with Crippen LogP contribution < -0.4 is 19.5 Å². The molecule has 186 valence electrons. The van der Waals surface area contributed by atoms with Crippen LogP contribution in [-0.4, -0.2) is 72.3 Å². The van der Waals surface area contributed by atoms with E-state index in [0.29, 0.717) is 36.8 Å². The molecule has 3 rings (SSSR count). The summed E-state index contributed by atoms with van der Waals surface area (Å²) < 4.78 is 45.1. The molecule has 0 aromatic heterocycles. The highest BCUT2D eigenvalue weighted by molar-refractivity contribution is 7.92. The molecular weight excluding hydrogens is 458 g/mol. The van der Waals surface area contributed by atoms with Gasteiger partial charge in [-0.3, -0.25) is 9.52 Å². The van der Waals surface area contributed by atoms with E-state index in [9.17, 15) is 13.2 Å². The van der Waals surface area contributed by atoms with E-state index < -0.39 is 10.0 Å². The molecule has 2 N–H and O–H groups in total. The van der Waals surface area contributed by atoms with Gasteiger partial charge in [0.05, 0.1) is 29.4 Å². The van der Waals surface area contributed by atoms with Crippen LogP contribution in [0.3, 0.4) is 0 Å². The van der Waals surface area contributed by atoms with Crippen LogP contribution in [0.1, 0.15) is 24.2 Å². The minimum atomic E-state index is -3.87. The third-order valence-corrected chi connectivity index (χ3v) is 7.21. The van der Waals surface area contributed by atoms with E-state index in [1.807, 2.05) is 6.92 Å². The van der Waals surface area contributed by atoms with E-state index in [1.165, 1.54) is 25.3 Å². The van der Waals surface area contributed by atoms with Gasteiger partial charge in [-0.15, -0.1) is 0 Å². The Bertz CT molecular complexity index is 1110. The number of sulfonamides is 1. The van der Waals surface area contributed by atoms with Crippen molar-refractivity contribution in [3.05, 3.63) is 48.0 Å².